The number of amides is 6. The van der Waals surface area contributed by atoms with Crippen molar-refractivity contribution in [3.63, 3.8) is 0 Å². The Bertz CT molecular complexity index is 2300. The van der Waals surface area contributed by atoms with Crippen molar-refractivity contribution in [1.29, 1.82) is 0 Å². The van der Waals surface area contributed by atoms with Crippen molar-refractivity contribution in [2.24, 2.45) is 11.1 Å². The SMILES string of the molecule is CC(C)(C)C(c1cc(-c2cc(F)ccc2F)cn1Cc1ccccc1)N(CCCN)C(=O)CSCC(NC(=O)CCOCCOCCOCCOCCNC(=O)CCN1C(=O)C=CC1=O)C(=O)NCCC(=O)O.CF. The van der Waals surface area contributed by atoms with Crippen LogP contribution in [0, 0.1) is 17.0 Å². The molecule has 6 N–H and O–H groups in total. The molecule has 2 atom stereocenters. The molecular weight excluding hydrogens is 1000 g/mol. The summed E-state index contributed by atoms with van der Waals surface area (Å²) in [5.74, 6) is -5.02. The molecule has 0 saturated heterocycles. The molecule has 23 heteroatoms. The van der Waals surface area contributed by atoms with E-state index in [1.165, 1.54) is 0 Å². The molecule has 0 radical (unpaired) electrons. The van der Waals surface area contributed by atoms with Gasteiger partial charge in [-0.05, 0) is 48.2 Å². The molecule has 0 aliphatic carbocycles. The summed E-state index contributed by atoms with van der Waals surface area (Å²) in [7, 11) is 0.500. The maximum absolute atomic E-state index is 15.2. The molecule has 0 fully saturated rings. The van der Waals surface area contributed by atoms with Gasteiger partial charge >= 0.3 is 5.97 Å². The topological polar surface area (TPSA) is 250 Å². The van der Waals surface area contributed by atoms with Gasteiger partial charge in [-0.3, -0.25) is 42.9 Å². The number of imide groups is 1. The van der Waals surface area contributed by atoms with E-state index in [4.69, 9.17) is 29.8 Å². The van der Waals surface area contributed by atoms with Crippen LogP contribution in [0.5, 0.6) is 0 Å². The van der Waals surface area contributed by atoms with Crippen LogP contribution in [0.25, 0.3) is 11.1 Å². The third-order valence-corrected chi connectivity index (χ3v) is 12.1. The van der Waals surface area contributed by atoms with Gasteiger partial charge in [0.05, 0.1) is 78.2 Å². The van der Waals surface area contributed by atoms with Crippen molar-refractivity contribution in [1.82, 2.24) is 30.3 Å². The van der Waals surface area contributed by atoms with Crippen LogP contribution in [0.15, 0.2) is 72.9 Å². The van der Waals surface area contributed by atoms with Gasteiger partial charge in [0.2, 0.25) is 23.6 Å². The second-order valence-electron chi connectivity index (χ2n) is 17.9. The lowest BCUT2D eigenvalue weighted by Gasteiger charge is -2.41. The third-order valence-electron chi connectivity index (χ3n) is 11.1. The minimum Gasteiger partial charge on any atom is -0.481 e. The van der Waals surface area contributed by atoms with Crippen LogP contribution in [0.2, 0.25) is 0 Å². The highest BCUT2D eigenvalue weighted by molar-refractivity contribution is 8.00. The molecule has 3 aromatic rings. The molecule has 0 bridgehead atoms. The van der Waals surface area contributed by atoms with Crippen molar-refractivity contribution < 1.29 is 70.8 Å². The first kappa shape index (κ1) is 63.2. The second-order valence-corrected chi connectivity index (χ2v) is 19.0. The first-order chi connectivity index (χ1) is 36.0. The van der Waals surface area contributed by atoms with E-state index in [9.17, 15) is 42.3 Å². The van der Waals surface area contributed by atoms with Crippen LogP contribution in [0.3, 0.4) is 0 Å². The molecule has 2 heterocycles. The lowest BCUT2D eigenvalue weighted by molar-refractivity contribution is -0.138. The van der Waals surface area contributed by atoms with E-state index < -0.39 is 58.7 Å². The molecule has 75 heavy (non-hydrogen) atoms. The number of halogens is 3. The first-order valence-electron chi connectivity index (χ1n) is 24.5. The number of thioether (sulfide) groups is 1. The Balaban J connectivity index is 0.00000732. The van der Waals surface area contributed by atoms with E-state index in [2.05, 4.69) is 16.0 Å². The normalized spacial score (nSPS) is 13.0. The molecule has 1 aliphatic heterocycles. The van der Waals surface area contributed by atoms with Crippen LogP contribution in [0.4, 0.5) is 13.2 Å². The van der Waals surface area contributed by atoms with Crippen LogP contribution in [-0.4, -0.2) is 171 Å². The molecule has 2 aromatic carbocycles. The fourth-order valence-electron chi connectivity index (χ4n) is 7.63. The number of alkyl halides is 1. The minimum atomic E-state index is -1.12. The summed E-state index contributed by atoms with van der Waals surface area (Å²) in [6, 6.07) is 13.0. The number of nitrogens with zero attached hydrogens (tertiary/aromatic N) is 3. The fourth-order valence-corrected chi connectivity index (χ4v) is 8.55. The molecule has 414 valence electrons. The van der Waals surface area contributed by atoms with Crippen LogP contribution in [-0.2, 0) is 59.1 Å². The van der Waals surface area contributed by atoms with Gasteiger partial charge in [-0.25, -0.2) is 8.78 Å². The van der Waals surface area contributed by atoms with E-state index >= 15 is 4.39 Å². The summed E-state index contributed by atoms with van der Waals surface area (Å²) in [5, 5.41) is 17.0. The number of carbonyl (C=O) groups is 7. The number of carbonyl (C=O) groups excluding carboxylic acids is 6. The second kappa shape index (κ2) is 34.5. The van der Waals surface area contributed by atoms with E-state index in [0.717, 1.165) is 52.6 Å². The summed E-state index contributed by atoms with van der Waals surface area (Å²) < 4.78 is 63.1. The first-order valence-corrected chi connectivity index (χ1v) is 25.7. The summed E-state index contributed by atoms with van der Waals surface area (Å²) in [4.78, 5) is 89.7. The molecule has 1 aliphatic rings. The third kappa shape index (κ3) is 23.1. The monoisotopic (exact) mass is 1080 g/mol. The van der Waals surface area contributed by atoms with Gasteiger partial charge in [0.15, 0.2) is 0 Å². The van der Waals surface area contributed by atoms with E-state index in [1.54, 1.807) is 17.2 Å². The highest BCUT2D eigenvalue weighted by Crippen LogP contribution is 2.41. The predicted octanol–water partition coefficient (Wildman–Crippen LogP) is 4.03. The number of hydrogen-bond acceptors (Lipinski definition) is 13. The summed E-state index contributed by atoms with van der Waals surface area (Å²) in [6.45, 7) is 8.81. The van der Waals surface area contributed by atoms with Crippen molar-refractivity contribution >= 4 is 53.2 Å². The zero-order chi connectivity index (χ0) is 55.2. The van der Waals surface area contributed by atoms with Gasteiger partial charge in [0.25, 0.3) is 11.8 Å². The van der Waals surface area contributed by atoms with E-state index in [1.807, 2.05) is 55.7 Å². The predicted molar refractivity (Wildman–Crippen MR) is 276 cm³/mol. The number of carboxylic acids is 1. The average Bonchev–Trinajstić information content (AvgIpc) is 3.93. The van der Waals surface area contributed by atoms with E-state index in [-0.39, 0.29) is 127 Å². The Morgan fingerprint density at radius 3 is 2.03 bits per heavy atom. The average molecular weight is 1080 g/mol. The van der Waals surface area contributed by atoms with Crippen LogP contribution in [0.1, 0.15) is 63.8 Å². The molecular formula is C52H72F3N7O12S. The number of ether oxygens (including phenoxy) is 4. The van der Waals surface area contributed by atoms with Crippen LogP contribution >= 0.6 is 11.8 Å². The number of aromatic nitrogens is 1. The molecule has 6 amide bonds. The fraction of sp³-hybridized carbons (Fsp3) is 0.519. The summed E-state index contributed by atoms with van der Waals surface area (Å²) in [5.41, 5.74) is 7.56. The number of hydrogen-bond donors (Lipinski definition) is 5. The minimum absolute atomic E-state index is 0.00441. The number of benzene rings is 2. The van der Waals surface area contributed by atoms with Crippen molar-refractivity contribution in [3.05, 3.63) is 95.8 Å². The molecule has 0 spiro atoms. The van der Waals surface area contributed by atoms with Crippen molar-refractivity contribution in [2.45, 2.75) is 65.1 Å². The maximum Gasteiger partial charge on any atom is 0.305 e. The quantitative estimate of drug-likeness (QED) is 0.0413. The lowest BCUT2D eigenvalue weighted by Crippen LogP contribution is -2.49. The standard InChI is InChI=1S/C51H69F2N7O12S.CH3F/c1-51(2,3)49(42-30-37(39-31-38(52)10-11-40(39)53)33-58(42)32-36-8-5-4-6-9-36)60(20-7-17-54)47(65)35-73-34-41(50(68)56-18-14-48(66)67)57-44(62)16-22-69-24-26-71-28-29-72-27-25-70-23-19-55-43(61)15-21-59-45(63)12-13-46(59)64;1-2/h4-6,8-13,30-31,33,41,49H,7,14-29,32,34-35,54H2,1-3H3,(H,55,61)(H,56,68)(H,57,62)(H,66,67);1H3. The highest BCUT2D eigenvalue weighted by atomic mass is 32.2. The smallest absolute Gasteiger partial charge is 0.305 e. The van der Waals surface area contributed by atoms with Gasteiger partial charge in [0.1, 0.15) is 17.7 Å². The number of nitrogens with two attached hydrogens (primary N) is 1. The maximum atomic E-state index is 15.2. The van der Waals surface area contributed by atoms with Crippen molar-refractivity contribution in [3.8, 4) is 11.1 Å². The summed E-state index contributed by atoms with van der Waals surface area (Å²) in [6.07, 6.45) is 4.11. The Morgan fingerprint density at radius 2 is 1.41 bits per heavy atom. The summed E-state index contributed by atoms with van der Waals surface area (Å²) >= 11 is 1.12. The lowest BCUT2D eigenvalue weighted by atomic mass is 9.83. The molecule has 19 nitrogen and oxygen atoms in total. The molecule has 4 rings (SSSR count). The number of nitrogens with one attached hydrogen (secondary N) is 3. The van der Waals surface area contributed by atoms with Gasteiger partial charge < -0.3 is 55.2 Å². The highest BCUT2D eigenvalue weighted by Gasteiger charge is 2.37. The number of aliphatic carboxylic acids is 1. The van der Waals surface area contributed by atoms with Gasteiger partial charge in [-0.1, -0.05) is 51.1 Å². The number of rotatable bonds is 35. The largest absolute Gasteiger partial charge is 0.481 e. The Hall–Kier alpha value is -6.11. The Kier molecular flexibility index (Phi) is 29.0. The zero-order valence-corrected chi connectivity index (χ0v) is 43.9. The molecule has 1 aromatic heterocycles. The zero-order valence-electron chi connectivity index (χ0n) is 43.1. The Labute approximate surface area is 440 Å². The molecule has 2 unspecified atom stereocenters. The van der Waals surface area contributed by atoms with Crippen LogP contribution < -0.4 is 21.7 Å². The van der Waals surface area contributed by atoms with Crippen molar-refractivity contribution in [2.75, 3.05) is 104 Å². The number of carboxylic acid groups (broad SMARTS) is 1. The van der Waals surface area contributed by atoms with Gasteiger partial charge in [-0.2, -0.15) is 0 Å². The molecule has 0 saturated carbocycles. The van der Waals surface area contributed by atoms with E-state index in [0.29, 0.717) is 38.0 Å². The van der Waals surface area contributed by atoms with Gasteiger partial charge in [-0.15, -0.1) is 11.8 Å². The van der Waals surface area contributed by atoms with Gasteiger partial charge in [0, 0.05) is 86.5 Å². The Morgan fingerprint density at radius 1 is 0.787 bits per heavy atom.